The van der Waals surface area contributed by atoms with E-state index in [0.717, 1.165) is 11.3 Å². The summed E-state index contributed by atoms with van der Waals surface area (Å²) in [5, 5.41) is 9.05. The highest BCUT2D eigenvalue weighted by Gasteiger charge is 2.22. The van der Waals surface area contributed by atoms with Crippen LogP contribution in [0.25, 0.3) is 0 Å². The van der Waals surface area contributed by atoms with Gasteiger partial charge in [-0.3, -0.25) is 9.79 Å². The van der Waals surface area contributed by atoms with Crippen LogP contribution in [-0.2, 0) is 11.2 Å². The number of carboxylic acid groups (broad SMARTS) is 1. The van der Waals surface area contributed by atoms with Crippen molar-refractivity contribution >= 4 is 11.7 Å². The number of hydrogen-bond acceptors (Lipinski definition) is 2. The molecule has 1 aliphatic rings. The zero-order chi connectivity index (χ0) is 11.4. The van der Waals surface area contributed by atoms with Crippen molar-refractivity contribution in [3.63, 3.8) is 0 Å². The fraction of sp³-hybridized carbons (Fsp3) is 0.231. The largest absolute Gasteiger partial charge is 0.481 e. The van der Waals surface area contributed by atoms with Crippen molar-refractivity contribution in [2.24, 2.45) is 10.9 Å². The van der Waals surface area contributed by atoms with Crippen molar-refractivity contribution in [2.45, 2.75) is 6.42 Å². The van der Waals surface area contributed by atoms with Crippen LogP contribution in [0, 0.1) is 5.92 Å². The van der Waals surface area contributed by atoms with E-state index in [0.29, 0.717) is 13.0 Å². The third kappa shape index (κ3) is 2.37. The number of nitrogens with zero attached hydrogens (tertiary/aromatic N) is 1. The molecule has 3 nitrogen and oxygen atoms in total. The molecule has 3 heteroatoms. The third-order valence-corrected chi connectivity index (χ3v) is 2.58. The van der Waals surface area contributed by atoms with Gasteiger partial charge in [0.25, 0.3) is 0 Å². The first-order valence-corrected chi connectivity index (χ1v) is 5.24. The Bertz CT molecular complexity index is 435. The number of aliphatic carboxylic acids is 1. The minimum Gasteiger partial charge on any atom is -0.481 e. The molecule has 0 aliphatic carbocycles. The fourth-order valence-corrected chi connectivity index (χ4v) is 1.77. The van der Waals surface area contributed by atoms with Crippen molar-refractivity contribution in [1.29, 1.82) is 0 Å². The maximum atomic E-state index is 11.0. The zero-order valence-corrected chi connectivity index (χ0v) is 8.84. The highest BCUT2D eigenvalue weighted by atomic mass is 16.4. The van der Waals surface area contributed by atoms with Gasteiger partial charge in [0.15, 0.2) is 0 Å². The minimum atomic E-state index is -0.828. The lowest BCUT2D eigenvalue weighted by Crippen LogP contribution is -2.26. The molecule has 1 heterocycles. The number of aliphatic imine (C=N–C) groups is 1. The highest BCUT2D eigenvalue weighted by Crippen LogP contribution is 2.13. The average molecular weight is 215 g/mol. The van der Waals surface area contributed by atoms with Crippen LogP contribution in [0.15, 0.2) is 47.5 Å². The molecule has 1 unspecified atom stereocenters. The normalized spacial score (nSPS) is 19.2. The summed E-state index contributed by atoms with van der Waals surface area (Å²) in [7, 11) is 0. The van der Waals surface area contributed by atoms with Crippen LogP contribution in [-0.4, -0.2) is 23.3 Å². The van der Waals surface area contributed by atoms with E-state index in [1.165, 1.54) is 0 Å². The van der Waals surface area contributed by atoms with Gasteiger partial charge in [-0.2, -0.15) is 0 Å². The Morgan fingerprint density at radius 1 is 1.38 bits per heavy atom. The van der Waals surface area contributed by atoms with Gasteiger partial charge >= 0.3 is 5.97 Å². The van der Waals surface area contributed by atoms with Gasteiger partial charge in [0, 0.05) is 12.1 Å². The van der Waals surface area contributed by atoms with Crippen LogP contribution in [0.3, 0.4) is 0 Å². The Balaban J connectivity index is 2.15. The smallest absolute Gasteiger partial charge is 0.316 e. The molecule has 1 atom stereocenters. The summed E-state index contributed by atoms with van der Waals surface area (Å²) < 4.78 is 0. The molecule has 0 amide bonds. The van der Waals surface area contributed by atoms with Gasteiger partial charge in [-0.05, 0) is 5.56 Å². The molecule has 16 heavy (non-hydrogen) atoms. The van der Waals surface area contributed by atoms with Crippen LogP contribution in [0.1, 0.15) is 5.56 Å². The second-order valence-corrected chi connectivity index (χ2v) is 3.74. The van der Waals surface area contributed by atoms with E-state index in [9.17, 15) is 4.79 Å². The Morgan fingerprint density at radius 2 is 2.12 bits per heavy atom. The van der Waals surface area contributed by atoms with E-state index < -0.39 is 11.9 Å². The van der Waals surface area contributed by atoms with E-state index in [1.54, 1.807) is 12.2 Å². The second kappa shape index (κ2) is 4.75. The molecule has 82 valence electrons. The molecule has 0 fully saturated rings. The molecule has 0 saturated carbocycles. The highest BCUT2D eigenvalue weighted by molar-refractivity contribution is 6.04. The topological polar surface area (TPSA) is 49.7 Å². The van der Waals surface area contributed by atoms with Crippen LogP contribution in [0.2, 0.25) is 0 Å². The van der Waals surface area contributed by atoms with Crippen molar-refractivity contribution in [3.05, 3.63) is 48.0 Å². The number of dihydropyridines is 1. The number of carbonyl (C=O) groups is 1. The maximum absolute atomic E-state index is 11.0. The summed E-state index contributed by atoms with van der Waals surface area (Å²) in [4.78, 5) is 15.3. The SMILES string of the molecule is O=C(O)C1C=CCN=C1Cc1ccccc1. The lowest BCUT2D eigenvalue weighted by atomic mass is 9.95. The molecule has 0 spiro atoms. The van der Waals surface area contributed by atoms with Gasteiger partial charge in [-0.1, -0.05) is 42.5 Å². The molecule has 1 N–H and O–H groups in total. The van der Waals surface area contributed by atoms with E-state index in [4.69, 9.17) is 5.11 Å². The number of rotatable bonds is 3. The Morgan fingerprint density at radius 3 is 2.81 bits per heavy atom. The monoisotopic (exact) mass is 215 g/mol. The van der Waals surface area contributed by atoms with Crippen LogP contribution >= 0.6 is 0 Å². The maximum Gasteiger partial charge on any atom is 0.316 e. The fourth-order valence-electron chi connectivity index (χ4n) is 1.77. The molecule has 0 aromatic heterocycles. The summed E-state index contributed by atoms with van der Waals surface area (Å²) in [6.07, 6.45) is 4.13. The van der Waals surface area contributed by atoms with Crippen LogP contribution in [0.4, 0.5) is 0 Å². The summed E-state index contributed by atoms with van der Waals surface area (Å²) in [6.45, 7) is 0.589. The molecule has 1 aromatic rings. The molecular weight excluding hydrogens is 202 g/mol. The molecule has 0 radical (unpaired) electrons. The first-order valence-electron chi connectivity index (χ1n) is 5.24. The number of carboxylic acids is 1. The summed E-state index contributed by atoms with van der Waals surface area (Å²) in [5.74, 6) is -1.39. The Kier molecular flexibility index (Phi) is 3.15. The molecule has 0 bridgehead atoms. The van der Waals surface area contributed by atoms with E-state index >= 15 is 0 Å². The van der Waals surface area contributed by atoms with Crippen LogP contribution in [0.5, 0.6) is 0 Å². The summed E-state index contributed by atoms with van der Waals surface area (Å²) in [5.41, 5.74) is 1.84. The zero-order valence-electron chi connectivity index (χ0n) is 8.84. The second-order valence-electron chi connectivity index (χ2n) is 3.74. The molecule has 0 saturated heterocycles. The van der Waals surface area contributed by atoms with Gasteiger partial charge in [0.05, 0.1) is 6.54 Å². The van der Waals surface area contributed by atoms with Crippen molar-refractivity contribution in [3.8, 4) is 0 Å². The first-order chi connectivity index (χ1) is 7.77. The van der Waals surface area contributed by atoms with Gasteiger partial charge < -0.3 is 5.11 Å². The van der Waals surface area contributed by atoms with Gasteiger partial charge in [0.2, 0.25) is 0 Å². The summed E-state index contributed by atoms with van der Waals surface area (Å²) in [6, 6.07) is 9.81. The van der Waals surface area contributed by atoms with Crippen molar-refractivity contribution in [1.82, 2.24) is 0 Å². The predicted octanol–water partition coefficient (Wildman–Crippen LogP) is 1.94. The molecule has 1 aromatic carbocycles. The third-order valence-electron chi connectivity index (χ3n) is 2.58. The molecule has 2 rings (SSSR count). The number of benzene rings is 1. The van der Waals surface area contributed by atoms with Gasteiger partial charge in [0.1, 0.15) is 5.92 Å². The minimum absolute atomic E-state index is 0.561. The molecule has 1 aliphatic heterocycles. The van der Waals surface area contributed by atoms with E-state index in [-0.39, 0.29) is 0 Å². The van der Waals surface area contributed by atoms with Gasteiger partial charge in [-0.15, -0.1) is 0 Å². The standard InChI is InChI=1S/C13H13NO2/c15-13(16)11-7-4-8-14-12(11)9-10-5-2-1-3-6-10/h1-7,11H,8-9H2,(H,15,16). The summed E-state index contributed by atoms with van der Waals surface area (Å²) >= 11 is 0. The van der Waals surface area contributed by atoms with Crippen molar-refractivity contribution in [2.75, 3.05) is 6.54 Å². The lowest BCUT2D eigenvalue weighted by Gasteiger charge is -2.15. The Hall–Kier alpha value is -1.90. The number of hydrogen-bond donors (Lipinski definition) is 1. The van der Waals surface area contributed by atoms with Gasteiger partial charge in [-0.25, -0.2) is 0 Å². The van der Waals surface area contributed by atoms with Crippen molar-refractivity contribution < 1.29 is 9.90 Å². The van der Waals surface area contributed by atoms with Crippen LogP contribution < -0.4 is 0 Å². The van der Waals surface area contributed by atoms with E-state index in [1.807, 2.05) is 30.3 Å². The Labute approximate surface area is 94.1 Å². The lowest BCUT2D eigenvalue weighted by molar-refractivity contribution is -0.138. The average Bonchev–Trinajstić information content (AvgIpc) is 2.31. The predicted molar refractivity (Wildman–Crippen MR) is 62.7 cm³/mol. The first kappa shape index (κ1) is 10.6. The molecular formula is C13H13NO2. The van der Waals surface area contributed by atoms with E-state index in [2.05, 4.69) is 4.99 Å². The quantitative estimate of drug-likeness (QED) is 0.783.